The number of pyridine rings is 1. The van der Waals surface area contributed by atoms with Gasteiger partial charge in [-0.25, -0.2) is 13.8 Å². The van der Waals surface area contributed by atoms with Gasteiger partial charge in [0.15, 0.2) is 5.82 Å². The molecule has 2 aromatic heterocycles. The number of hydrogen-bond donors (Lipinski definition) is 2. The second-order valence-corrected chi connectivity index (χ2v) is 6.40. The number of benzene rings is 1. The molecule has 6 nitrogen and oxygen atoms in total. The summed E-state index contributed by atoms with van der Waals surface area (Å²) >= 11 is 5.97. The van der Waals surface area contributed by atoms with Crippen LogP contribution in [0.4, 0.5) is 27.6 Å². The van der Waals surface area contributed by atoms with Crippen LogP contribution in [-0.4, -0.2) is 26.4 Å². The summed E-state index contributed by atoms with van der Waals surface area (Å²) in [5.41, 5.74) is -2.52. The summed E-state index contributed by atoms with van der Waals surface area (Å²) in [6, 6.07) is 4.79. The highest BCUT2D eigenvalue weighted by Crippen LogP contribution is 2.28. The summed E-state index contributed by atoms with van der Waals surface area (Å²) in [4.78, 5) is 15.9. The first-order chi connectivity index (χ1) is 14.1. The van der Waals surface area contributed by atoms with Gasteiger partial charge in [0.2, 0.25) is 0 Å². The molecule has 12 heteroatoms. The molecule has 0 aliphatic carbocycles. The van der Waals surface area contributed by atoms with E-state index in [1.165, 1.54) is 0 Å². The Morgan fingerprint density at radius 2 is 1.80 bits per heavy atom. The Morgan fingerprint density at radius 3 is 2.37 bits per heavy atom. The van der Waals surface area contributed by atoms with E-state index >= 15 is 0 Å². The van der Waals surface area contributed by atoms with Crippen LogP contribution in [0, 0.1) is 11.6 Å². The highest BCUT2D eigenvalue weighted by Gasteiger charge is 2.30. The summed E-state index contributed by atoms with van der Waals surface area (Å²) in [5, 5.41) is 16.0. The van der Waals surface area contributed by atoms with Gasteiger partial charge in [-0.15, -0.1) is 0 Å². The Kier molecular flexibility index (Phi) is 6.04. The van der Waals surface area contributed by atoms with Gasteiger partial charge in [0.25, 0.3) is 5.56 Å². The fourth-order valence-electron chi connectivity index (χ4n) is 2.54. The van der Waals surface area contributed by atoms with Gasteiger partial charge in [0.1, 0.15) is 22.8 Å². The summed E-state index contributed by atoms with van der Waals surface area (Å²) in [7, 11) is 0. The topological polar surface area (TPSA) is 80.0 Å². The Morgan fingerprint density at radius 1 is 1.13 bits per heavy atom. The molecule has 0 aliphatic rings. The maximum absolute atomic E-state index is 13.7. The van der Waals surface area contributed by atoms with Crippen molar-refractivity contribution in [1.29, 1.82) is 0 Å². The van der Waals surface area contributed by atoms with E-state index < -0.39 is 52.2 Å². The lowest BCUT2D eigenvalue weighted by molar-refractivity contribution is -0.137. The quantitative estimate of drug-likeness (QED) is 0.584. The Hall–Kier alpha value is -3.05. The fraction of sp³-hybridized carbons (Fsp3) is 0.167. The molecular weight excluding hydrogens is 435 g/mol. The van der Waals surface area contributed by atoms with Crippen LogP contribution in [0.2, 0.25) is 5.02 Å². The van der Waals surface area contributed by atoms with Crippen LogP contribution >= 0.6 is 11.6 Å². The van der Waals surface area contributed by atoms with Crippen molar-refractivity contribution in [3.8, 4) is 5.82 Å². The zero-order valence-electron chi connectivity index (χ0n) is 14.8. The third-order valence-electron chi connectivity index (χ3n) is 4.03. The van der Waals surface area contributed by atoms with E-state index in [1.807, 2.05) is 0 Å². The van der Waals surface area contributed by atoms with Gasteiger partial charge in [0.05, 0.1) is 23.0 Å². The molecule has 158 valence electrons. The van der Waals surface area contributed by atoms with E-state index in [4.69, 9.17) is 11.6 Å². The Labute approximate surface area is 170 Å². The predicted molar refractivity (Wildman–Crippen MR) is 97.4 cm³/mol. The van der Waals surface area contributed by atoms with Crippen molar-refractivity contribution in [1.82, 2.24) is 14.8 Å². The third-order valence-corrected chi connectivity index (χ3v) is 4.40. The molecule has 3 rings (SSSR count). The van der Waals surface area contributed by atoms with Crippen LogP contribution in [0.15, 0.2) is 47.5 Å². The largest absolute Gasteiger partial charge is 0.417 e. The number of rotatable bonds is 5. The van der Waals surface area contributed by atoms with Crippen molar-refractivity contribution in [2.45, 2.75) is 12.3 Å². The molecule has 2 N–H and O–H groups in total. The summed E-state index contributed by atoms with van der Waals surface area (Å²) in [5.74, 6) is -2.09. The normalized spacial score (nSPS) is 12.6. The van der Waals surface area contributed by atoms with E-state index in [0.29, 0.717) is 10.9 Å². The van der Waals surface area contributed by atoms with Crippen molar-refractivity contribution in [3.05, 3.63) is 80.9 Å². The Bertz CT molecular complexity index is 1100. The van der Waals surface area contributed by atoms with Crippen molar-refractivity contribution in [2.24, 2.45) is 0 Å². The smallest absolute Gasteiger partial charge is 0.386 e. The molecule has 0 saturated heterocycles. The monoisotopic (exact) mass is 446 g/mol. The number of alkyl halides is 3. The van der Waals surface area contributed by atoms with Crippen LogP contribution in [-0.2, 0) is 6.18 Å². The van der Waals surface area contributed by atoms with Gasteiger partial charge in [0, 0.05) is 12.7 Å². The number of anilines is 1. The molecule has 0 bridgehead atoms. The van der Waals surface area contributed by atoms with Crippen LogP contribution in [0.25, 0.3) is 5.82 Å². The van der Waals surface area contributed by atoms with Crippen LogP contribution < -0.4 is 10.9 Å². The first kappa shape index (κ1) is 21.7. The molecule has 0 aliphatic heterocycles. The van der Waals surface area contributed by atoms with Gasteiger partial charge < -0.3 is 10.4 Å². The van der Waals surface area contributed by atoms with E-state index in [1.54, 1.807) is 0 Å². The number of aliphatic hydroxyl groups excluding tert-OH is 1. The first-order valence-electron chi connectivity index (χ1n) is 8.27. The number of halogens is 6. The average molecular weight is 447 g/mol. The van der Waals surface area contributed by atoms with E-state index in [9.17, 15) is 31.9 Å². The second kappa shape index (κ2) is 8.36. The average Bonchev–Trinajstić information content (AvgIpc) is 2.68. The highest BCUT2D eigenvalue weighted by molar-refractivity contribution is 6.32. The zero-order chi connectivity index (χ0) is 22.1. The lowest BCUT2D eigenvalue weighted by Gasteiger charge is -2.15. The molecule has 1 aromatic carbocycles. The molecule has 2 heterocycles. The number of nitrogens with zero attached hydrogens (tertiary/aromatic N) is 3. The molecule has 0 spiro atoms. The zero-order valence-corrected chi connectivity index (χ0v) is 15.5. The number of nitrogens with one attached hydrogen (secondary N) is 1. The highest BCUT2D eigenvalue weighted by atomic mass is 35.5. The SMILES string of the molecule is O=c1c(Cl)c(NCC(O)c2c(F)cccc2F)cnn1-c1ccc(C(F)(F)F)cn1. The number of aliphatic hydroxyl groups is 1. The minimum absolute atomic E-state index is 0.0550. The third kappa shape index (κ3) is 4.41. The standard InChI is InChI=1S/C18H12ClF5N4O2/c19-16-12(25-8-13(29)15-10(20)2-1-3-11(15)21)7-27-28(17(16)30)14-5-4-9(6-26-14)18(22,23)24/h1-7,13,25,29H,8H2. The van der Waals surface area contributed by atoms with Crippen LogP contribution in [0.3, 0.4) is 0 Å². The molecule has 0 fully saturated rings. The van der Waals surface area contributed by atoms with Gasteiger partial charge in [-0.1, -0.05) is 17.7 Å². The van der Waals surface area contributed by atoms with Crippen molar-refractivity contribution < 1.29 is 27.1 Å². The number of hydrogen-bond acceptors (Lipinski definition) is 5. The molecule has 1 atom stereocenters. The Balaban J connectivity index is 1.81. The summed E-state index contributed by atoms with van der Waals surface area (Å²) < 4.78 is 66.0. The summed E-state index contributed by atoms with van der Waals surface area (Å²) in [6.07, 6.45) is -4.58. The van der Waals surface area contributed by atoms with Gasteiger partial charge in [-0.2, -0.15) is 23.0 Å². The predicted octanol–water partition coefficient (Wildman–Crippen LogP) is 3.72. The van der Waals surface area contributed by atoms with E-state index in [0.717, 1.165) is 36.5 Å². The molecular formula is C18H12ClF5N4O2. The van der Waals surface area contributed by atoms with Crippen molar-refractivity contribution >= 4 is 17.3 Å². The van der Waals surface area contributed by atoms with Gasteiger partial charge in [-0.3, -0.25) is 4.79 Å². The van der Waals surface area contributed by atoms with Crippen molar-refractivity contribution in [2.75, 3.05) is 11.9 Å². The van der Waals surface area contributed by atoms with E-state index in [-0.39, 0.29) is 11.5 Å². The molecule has 30 heavy (non-hydrogen) atoms. The van der Waals surface area contributed by atoms with Crippen molar-refractivity contribution in [3.63, 3.8) is 0 Å². The second-order valence-electron chi connectivity index (χ2n) is 6.02. The van der Waals surface area contributed by atoms with Gasteiger partial charge >= 0.3 is 6.18 Å². The minimum atomic E-state index is -4.59. The van der Waals surface area contributed by atoms with E-state index in [2.05, 4.69) is 15.4 Å². The molecule has 0 amide bonds. The van der Waals surface area contributed by atoms with Crippen LogP contribution in [0.1, 0.15) is 17.2 Å². The number of aromatic nitrogens is 3. The minimum Gasteiger partial charge on any atom is -0.386 e. The first-order valence-corrected chi connectivity index (χ1v) is 8.64. The summed E-state index contributed by atoms with van der Waals surface area (Å²) in [6.45, 7) is -0.402. The maximum Gasteiger partial charge on any atom is 0.417 e. The van der Waals surface area contributed by atoms with Crippen LogP contribution in [0.5, 0.6) is 0 Å². The molecule has 3 aromatic rings. The molecule has 0 saturated carbocycles. The molecule has 0 radical (unpaired) electrons. The lowest BCUT2D eigenvalue weighted by atomic mass is 10.1. The van der Waals surface area contributed by atoms with Gasteiger partial charge in [-0.05, 0) is 24.3 Å². The fourth-order valence-corrected chi connectivity index (χ4v) is 2.73. The molecule has 1 unspecified atom stereocenters. The lowest BCUT2D eigenvalue weighted by Crippen LogP contribution is -2.24. The maximum atomic E-state index is 13.7.